The summed E-state index contributed by atoms with van der Waals surface area (Å²) < 4.78 is 5.43. The van der Waals surface area contributed by atoms with E-state index in [0.717, 1.165) is 29.5 Å². The molecule has 0 heterocycles. The highest BCUT2D eigenvalue weighted by Crippen LogP contribution is 2.26. The highest BCUT2D eigenvalue weighted by Gasteiger charge is 2.36. The summed E-state index contributed by atoms with van der Waals surface area (Å²) in [5.74, 6) is 0.197. The van der Waals surface area contributed by atoms with Gasteiger partial charge in [0.1, 0.15) is 17.7 Å². The Morgan fingerprint density at radius 2 is 1.61 bits per heavy atom. The number of ether oxygens (including phenoxy) is 1. The average Bonchev–Trinajstić information content (AvgIpc) is 2.74. The lowest BCUT2D eigenvalue weighted by atomic mass is 9.97. The van der Waals surface area contributed by atoms with Crippen LogP contribution in [0.25, 0.3) is 0 Å². The lowest BCUT2D eigenvalue weighted by molar-refractivity contribution is -0.142. The molecule has 0 radical (unpaired) electrons. The van der Waals surface area contributed by atoms with Crippen molar-refractivity contribution in [2.75, 3.05) is 18.6 Å². The van der Waals surface area contributed by atoms with Gasteiger partial charge in [-0.1, -0.05) is 49.6 Å². The van der Waals surface area contributed by atoms with Gasteiger partial charge in [0.15, 0.2) is 0 Å². The van der Waals surface area contributed by atoms with E-state index in [1.807, 2.05) is 46.1 Å². The zero-order valence-electron chi connectivity index (χ0n) is 23.7. The third-order valence-corrected chi connectivity index (χ3v) is 6.22. The van der Waals surface area contributed by atoms with Crippen molar-refractivity contribution in [2.45, 2.75) is 105 Å². The van der Waals surface area contributed by atoms with Crippen LogP contribution in [0.1, 0.15) is 90.0 Å². The molecule has 3 amide bonds. The van der Waals surface area contributed by atoms with Crippen molar-refractivity contribution in [1.29, 1.82) is 0 Å². The standard InChI is InChI=1S/C28H47N3O4S/c1-10-12-21(5)29-25(32)24(22-17-19(3)16-20(4)18-22)31(14-11-2)26(33)23(13-15-36-9)30-27(34)35-28(6,7)8/h16-18,21,23-24H,10-15H2,1-9H3,(H,29,32)(H,30,34). The van der Waals surface area contributed by atoms with Gasteiger partial charge in [-0.05, 0) is 78.4 Å². The van der Waals surface area contributed by atoms with Gasteiger partial charge >= 0.3 is 6.09 Å². The van der Waals surface area contributed by atoms with Crippen LogP contribution in [-0.2, 0) is 14.3 Å². The van der Waals surface area contributed by atoms with Gasteiger partial charge < -0.3 is 20.3 Å². The van der Waals surface area contributed by atoms with Gasteiger partial charge in [0.05, 0.1) is 0 Å². The number of hydrogen-bond donors (Lipinski definition) is 2. The second-order valence-electron chi connectivity index (χ2n) is 10.5. The number of carbonyl (C=O) groups is 3. The molecule has 0 spiro atoms. The minimum absolute atomic E-state index is 0.0124. The van der Waals surface area contributed by atoms with Gasteiger partial charge in [0, 0.05) is 12.6 Å². The number of thioether (sulfide) groups is 1. The normalized spacial score (nSPS) is 13.9. The van der Waals surface area contributed by atoms with Crippen LogP contribution in [-0.4, -0.2) is 59.0 Å². The Morgan fingerprint density at radius 1 is 1.00 bits per heavy atom. The maximum Gasteiger partial charge on any atom is 0.408 e. The summed E-state index contributed by atoms with van der Waals surface area (Å²) in [6.45, 7) is 15.8. The summed E-state index contributed by atoms with van der Waals surface area (Å²) >= 11 is 1.60. The first-order valence-electron chi connectivity index (χ1n) is 13.0. The first-order chi connectivity index (χ1) is 16.8. The molecule has 0 saturated carbocycles. The van der Waals surface area contributed by atoms with Crippen molar-refractivity contribution in [3.05, 3.63) is 34.9 Å². The first kappa shape index (κ1) is 31.8. The molecule has 0 fully saturated rings. The molecule has 7 nitrogen and oxygen atoms in total. The average molecular weight is 522 g/mol. The van der Waals surface area contributed by atoms with E-state index in [2.05, 4.69) is 23.6 Å². The van der Waals surface area contributed by atoms with Crippen LogP contribution in [0.4, 0.5) is 4.79 Å². The third kappa shape index (κ3) is 10.8. The van der Waals surface area contributed by atoms with E-state index < -0.39 is 23.8 Å². The van der Waals surface area contributed by atoms with Crippen molar-refractivity contribution < 1.29 is 19.1 Å². The summed E-state index contributed by atoms with van der Waals surface area (Å²) in [6, 6.07) is 4.38. The Balaban J connectivity index is 3.46. The number of carbonyl (C=O) groups excluding carboxylic acids is 3. The van der Waals surface area contributed by atoms with E-state index in [1.54, 1.807) is 37.4 Å². The number of hydrogen-bond acceptors (Lipinski definition) is 5. The fourth-order valence-electron chi connectivity index (χ4n) is 4.22. The van der Waals surface area contributed by atoms with E-state index in [-0.39, 0.29) is 17.9 Å². The summed E-state index contributed by atoms with van der Waals surface area (Å²) in [6.07, 6.45) is 4.23. The number of amides is 3. The summed E-state index contributed by atoms with van der Waals surface area (Å²) in [5.41, 5.74) is 2.15. The van der Waals surface area contributed by atoms with E-state index in [9.17, 15) is 14.4 Å². The molecule has 1 aromatic carbocycles. The first-order valence-corrected chi connectivity index (χ1v) is 14.4. The van der Waals surface area contributed by atoms with E-state index in [1.165, 1.54) is 0 Å². The van der Waals surface area contributed by atoms with Crippen molar-refractivity contribution in [1.82, 2.24) is 15.5 Å². The van der Waals surface area contributed by atoms with Crippen molar-refractivity contribution in [3.8, 4) is 0 Å². The second kappa shape index (κ2) is 15.1. The Labute approximate surface area is 222 Å². The predicted octanol–water partition coefficient (Wildman–Crippen LogP) is 5.53. The van der Waals surface area contributed by atoms with Crippen LogP contribution in [0.3, 0.4) is 0 Å². The maximum absolute atomic E-state index is 14.0. The van der Waals surface area contributed by atoms with Crippen LogP contribution in [0, 0.1) is 13.8 Å². The topological polar surface area (TPSA) is 87.7 Å². The van der Waals surface area contributed by atoms with Crippen molar-refractivity contribution in [2.24, 2.45) is 0 Å². The molecule has 3 atom stereocenters. The molecule has 2 N–H and O–H groups in total. The summed E-state index contributed by atoms with van der Waals surface area (Å²) in [4.78, 5) is 41.9. The minimum atomic E-state index is -0.799. The predicted molar refractivity (Wildman–Crippen MR) is 149 cm³/mol. The molecule has 0 aromatic heterocycles. The van der Waals surface area contributed by atoms with Crippen LogP contribution in [0.2, 0.25) is 0 Å². The molecule has 0 aliphatic carbocycles. The van der Waals surface area contributed by atoms with Crippen molar-refractivity contribution in [3.63, 3.8) is 0 Å². The number of aryl methyl sites for hydroxylation is 2. The van der Waals surface area contributed by atoms with Crippen LogP contribution in [0.5, 0.6) is 0 Å². The van der Waals surface area contributed by atoms with Crippen LogP contribution < -0.4 is 10.6 Å². The SMILES string of the molecule is CCCC(C)NC(=O)C(c1cc(C)cc(C)c1)N(CCC)C(=O)C(CCSC)NC(=O)OC(C)(C)C. The minimum Gasteiger partial charge on any atom is -0.444 e. The third-order valence-electron chi connectivity index (χ3n) is 5.58. The highest BCUT2D eigenvalue weighted by atomic mass is 32.2. The molecule has 0 bridgehead atoms. The van der Waals surface area contributed by atoms with E-state index in [0.29, 0.717) is 25.1 Å². The number of nitrogens with zero attached hydrogens (tertiary/aromatic N) is 1. The number of nitrogens with one attached hydrogen (secondary N) is 2. The zero-order chi connectivity index (χ0) is 27.5. The van der Waals surface area contributed by atoms with Crippen LogP contribution >= 0.6 is 11.8 Å². The number of rotatable bonds is 13. The Morgan fingerprint density at radius 3 is 2.11 bits per heavy atom. The lowest BCUT2D eigenvalue weighted by Gasteiger charge is -2.35. The maximum atomic E-state index is 14.0. The monoisotopic (exact) mass is 521 g/mol. The zero-order valence-corrected chi connectivity index (χ0v) is 24.5. The molecule has 0 aliphatic rings. The molecular weight excluding hydrogens is 474 g/mol. The molecule has 204 valence electrons. The van der Waals surface area contributed by atoms with Gasteiger partial charge in [-0.2, -0.15) is 11.8 Å². The Bertz CT molecular complexity index is 849. The molecule has 3 unspecified atom stereocenters. The highest BCUT2D eigenvalue weighted by molar-refractivity contribution is 7.98. The van der Waals surface area contributed by atoms with Gasteiger partial charge in [-0.3, -0.25) is 9.59 Å². The number of benzene rings is 1. The Kier molecular flexibility index (Phi) is 13.4. The van der Waals surface area contributed by atoms with E-state index >= 15 is 0 Å². The van der Waals surface area contributed by atoms with Gasteiger partial charge in [-0.15, -0.1) is 0 Å². The van der Waals surface area contributed by atoms with Crippen LogP contribution in [0.15, 0.2) is 18.2 Å². The summed E-state index contributed by atoms with van der Waals surface area (Å²) in [5, 5.41) is 5.90. The number of alkyl carbamates (subject to hydrolysis) is 1. The molecule has 0 saturated heterocycles. The molecular formula is C28H47N3O4S. The largest absolute Gasteiger partial charge is 0.444 e. The van der Waals surface area contributed by atoms with Gasteiger partial charge in [0.25, 0.3) is 0 Å². The molecule has 8 heteroatoms. The fourth-order valence-corrected chi connectivity index (χ4v) is 4.69. The fraction of sp³-hybridized carbons (Fsp3) is 0.679. The molecule has 0 aliphatic heterocycles. The van der Waals surface area contributed by atoms with Crippen molar-refractivity contribution >= 4 is 29.7 Å². The second-order valence-corrected chi connectivity index (χ2v) is 11.5. The Hall–Kier alpha value is -2.22. The quantitative estimate of drug-likeness (QED) is 0.356. The molecule has 1 rings (SSSR count). The lowest BCUT2D eigenvalue weighted by Crippen LogP contribution is -2.54. The molecule has 36 heavy (non-hydrogen) atoms. The molecule has 1 aromatic rings. The summed E-state index contributed by atoms with van der Waals surface area (Å²) in [7, 11) is 0. The van der Waals surface area contributed by atoms with Gasteiger partial charge in [-0.25, -0.2) is 4.79 Å². The smallest absolute Gasteiger partial charge is 0.408 e. The van der Waals surface area contributed by atoms with E-state index in [4.69, 9.17) is 4.74 Å². The van der Waals surface area contributed by atoms with Gasteiger partial charge in [0.2, 0.25) is 11.8 Å².